The zero-order valence-electron chi connectivity index (χ0n) is 8.68. The molecule has 1 fully saturated rings. The molecule has 0 spiro atoms. The normalized spacial score (nSPS) is 20.6. The molecule has 2 heteroatoms. The third kappa shape index (κ3) is 1.55. The molecular formula is C12H16FN. The van der Waals surface area contributed by atoms with E-state index in [1.165, 1.54) is 12.8 Å². The second-order valence-electron chi connectivity index (χ2n) is 4.59. The maximum atomic E-state index is 13.6. The van der Waals surface area contributed by atoms with Crippen LogP contribution in [0.3, 0.4) is 0 Å². The number of nitrogens with two attached hydrogens (primary N) is 1. The first-order valence-electron chi connectivity index (χ1n) is 5.08. The van der Waals surface area contributed by atoms with Crippen LogP contribution in [0.1, 0.15) is 43.9 Å². The zero-order chi connectivity index (χ0) is 10.3. The first-order chi connectivity index (χ1) is 6.53. The van der Waals surface area contributed by atoms with Crippen molar-refractivity contribution in [3.8, 4) is 0 Å². The van der Waals surface area contributed by atoms with Crippen LogP contribution in [-0.4, -0.2) is 0 Å². The summed E-state index contributed by atoms with van der Waals surface area (Å²) in [5, 5.41) is 0. The van der Waals surface area contributed by atoms with Gasteiger partial charge >= 0.3 is 0 Å². The summed E-state index contributed by atoms with van der Waals surface area (Å²) in [4.78, 5) is 0. The van der Waals surface area contributed by atoms with Gasteiger partial charge in [0, 0.05) is 11.6 Å². The van der Waals surface area contributed by atoms with Crippen molar-refractivity contribution in [1.82, 2.24) is 0 Å². The number of benzene rings is 1. The van der Waals surface area contributed by atoms with Gasteiger partial charge in [0.25, 0.3) is 0 Å². The lowest BCUT2D eigenvalue weighted by atomic mass is 9.95. The van der Waals surface area contributed by atoms with Crippen LogP contribution >= 0.6 is 0 Å². The van der Waals surface area contributed by atoms with Crippen LogP contribution < -0.4 is 5.73 Å². The van der Waals surface area contributed by atoms with Crippen molar-refractivity contribution in [1.29, 1.82) is 0 Å². The van der Waals surface area contributed by atoms with Gasteiger partial charge in [-0.25, -0.2) is 4.39 Å². The zero-order valence-corrected chi connectivity index (χ0v) is 8.68. The standard InChI is InChI=1S/C12H16FN/c1-8(14)10-4-3-9(7-11(10)13)12(2)5-6-12/h3-4,7-8H,5-6,14H2,1-2H3/t8-/m0/s1. The molecule has 0 heterocycles. The summed E-state index contributed by atoms with van der Waals surface area (Å²) in [7, 11) is 0. The van der Waals surface area contributed by atoms with Gasteiger partial charge in [-0.15, -0.1) is 0 Å². The van der Waals surface area contributed by atoms with Crippen LogP contribution in [0.2, 0.25) is 0 Å². The summed E-state index contributed by atoms with van der Waals surface area (Å²) < 4.78 is 13.6. The highest BCUT2D eigenvalue weighted by Gasteiger charge is 2.39. The fraction of sp³-hybridized carbons (Fsp3) is 0.500. The molecule has 2 N–H and O–H groups in total. The lowest BCUT2D eigenvalue weighted by Crippen LogP contribution is -2.09. The first-order valence-corrected chi connectivity index (χ1v) is 5.08. The fourth-order valence-electron chi connectivity index (χ4n) is 1.75. The van der Waals surface area contributed by atoms with Crippen molar-refractivity contribution in [3.63, 3.8) is 0 Å². The molecule has 1 nitrogen and oxygen atoms in total. The maximum Gasteiger partial charge on any atom is 0.128 e. The SMILES string of the molecule is C[C@H](N)c1ccc(C2(C)CC2)cc1F. The highest BCUT2D eigenvalue weighted by molar-refractivity contribution is 5.34. The van der Waals surface area contributed by atoms with E-state index < -0.39 is 0 Å². The summed E-state index contributed by atoms with van der Waals surface area (Å²) in [6, 6.07) is 5.25. The van der Waals surface area contributed by atoms with Gasteiger partial charge in [-0.3, -0.25) is 0 Å². The molecule has 76 valence electrons. The second-order valence-corrected chi connectivity index (χ2v) is 4.59. The highest BCUT2D eigenvalue weighted by Crippen LogP contribution is 2.47. The summed E-state index contributed by atoms with van der Waals surface area (Å²) in [5.74, 6) is -0.161. The topological polar surface area (TPSA) is 26.0 Å². The molecular weight excluding hydrogens is 177 g/mol. The molecule has 0 unspecified atom stereocenters. The van der Waals surface area contributed by atoms with Gasteiger partial charge in [0.15, 0.2) is 0 Å². The molecule has 1 saturated carbocycles. The van der Waals surface area contributed by atoms with E-state index in [0.717, 1.165) is 5.56 Å². The average Bonchev–Trinajstić information content (AvgIpc) is 2.84. The largest absolute Gasteiger partial charge is 0.324 e. The number of hydrogen-bond acceptors (Lipinski definition) is 1. The van der Waals surface area contributed by atoms with Crippen molar-refractivity contribution >= 4 is 0 Å². The van der Waals surface area contributed by atoms with Gasteiger partial charge in [-0.05, 0) is 36.8 Å². The Morgan fingerprint density at radius 2 is 2.07 bits per heavy atom. The molecule has 0 radical (unpaired) electrons. The lowest BCUT2D eigenvalue weighted by Gasteiger charge is -2.12. The van der Waals surface area contributed by atoms with Crippen molar-refractivity contribution in [3.05, 3.63) is 35.1 Å². The Balaban J connectivity index is 2.36. The molecule has 0 bridgehead atoms. The summed E-state index contributed by atoms with van der Waals surface area (Å²) in [5.41, 5.74) is 7.60. The van der Waals surface area contributed by atoms with E-state index in [-0.39, 0.29) is 17.3 Å². The molecule has 1 aliphatic carbocycles. The van der Waals surface area contributed by atoms with Gasteiger partial charge in [-0.2, -0.15) is 0 Å². The van der Waals surface area contributed by atoms with Crippen LogP contribution in [0.15, 0.2) is 18.2 Å². The molecule has 1 aromatic rings. The summed E-state index contributed by atoms with van der Waals surface area (Å²) >= 11 is 0. The third-order valence-corrected chi connectivity index (χ3v) is 3.19. The van der Waals surface area contributed by atoms with E-state index in [1.807, 2.05) is 12.1 Å². The molecule has 1 aromatic carbocycles. The Morgan fingerprint density at radius 3 is 2.50 bits per heavy atom. The van der Waals surface area contributed by atoms with Gasteiger partial charge in [0.05, 0.1) is 0 Å². The Hall–Kier alpha value is -0.890. The van der Waals surface area contributed by atoms with Gasteiger partial charge in [0.2, 0.25) is 0 Å². The Kier molecular flexibility index (Phi) is 2.11. The summed E-state index contributed by atoms with van der Waals surface area (Å²) in [6.45, 7) is 3.98. The van der Waals surface area contributed by atoms with Crippen LogP contribution in [0, 0.1) is 5.82 Å². The molecule has 14 heavy (non-hydrogen) atoms. The van der Waals surface area contributed by atoms with Crippen molar-refractivity contribution in [2.75, 3.05) is 0 Å². The first kappa shape index (κ1) is 9.66. The Bertz CT molecular complexity index is 353. The highest BCUT2D eigenvalue weighted by atomic mass is 19.1. The smallest absolute Gasteiger partial charge is 0.128 e. The molecule has 1 aliphatic rings. The third-order valence-electron chi connectivity index (χ3n) is 3.19. The Labute approximate surface area is 84.1 Å². The fourth-order valence-corrected chi connectivity index (χ4v) is 1.75. The number of rotatable bonds is 2. The van der Waals surface area contributed by atoms with E-state index in [9.17, 15) is 4.39 Å². The van der Waals surface area contributed by atoms with Crippen LogP contribution in [-0.2, 0) is 5.41 Å². The van der Waals surface area contributed by atoms with E-state index >= 15 is 0 Å². The average molecular weight is 193 g/mol. The van der Waals surface area contributed by atoms with Gasteiger partial charge in [-0.1, -0.05) is 19.1 Å². The van der Waals surface area contributed by atoms with E-state index in [4.69, 9.17) is 5.73 Å². The monoisotopic (exact) mass is 193 g/mol. The van der Waals surface area contributed by atoms with Crippen LogP contribution in [0.5, 0.6) is 0 Å². The molecule has 0 aliphatic heterocycles. The predicted octanol–water partition coefficient (Wildman–Crippen LogP) is 2.90. The molecule has 0 amide bonds. The predicted molar refractivity (Wildman–Crippen MR) is 55.6 cm³/mol. The van der Waals surface area contributed by atoms with Crippen molar-refractivity contribution in [2.24, 2.45) is 5.73 Å². The second kappa shape index (κ2) is 3.06. The molecule has 0 aromatic heterocycles. The van der Waals surface area contributed by atoms with Crippen molar-refractivity contribution < 1.29 is 4.39 Å². The summed E-state index contributed by atoms with van der Waals surface area (Å²) in [6.07, 6.45) is 2.34. The Morgan fingerprint density at radius 1 is 1.43 bits per heavy atom. The number of halogens is 1. The molecule has 1 atom stereocenters. The molecule has 2 rings (SSSR count). The van der Waals surface area contributed by atoms with Crippen LogP contribution in [0.25, 0.3) is 0 Å². The van der Waals surface area contributed by atoms with E-state index in [1.54, 1.807) is 13.0 Å². The minimum Gasteiger partial charge on any atom is -0.324 e. The van der Waals surface area contributed by atoms with Crippen LogP contribution in [0.4, 0.5) is 4.39 Å². The van der Waals surface area contributed by atoms with Gasteiger partial charge in [0.1, 0.15) is 5.82 Å². The molecule has 0 saturated heterocycles. The van der Waals surface area contributed by atoms with Crippen molar-refractivity contribution in [2.45, 2.75) is 38.1 Å². The lowest BCUT2D eigenvalue weighted by molar-refractivity contribution is 0.588. The minimum atomic E-state index is -0.226. The van der Waals surface area contributed by atoms with E-state index in [2.05, 4.69) is 6.92 Å². The maximum absolute atomic E-state index is 13.6. The quantitative estimate of drug-likeness (QED) is 0.767. The van der Waals surface area contributed by atoms with E-state index in [0.29, 0.717) is 5.56 Å². The van der Waals surface area contributed by atoms with Gasteiger partial charge < -0.3 is 5.73 Å². The minimum absolute atomic E-state index is 0.161. The number of hydrogen-bond donors (Lipinski definition) is 1.